The maximum Gasteiger partial charge on any atom is 0.0638 e. The van der Waals surface area contributed by atoms with Crippen molar-refractivity contribution in [3.05, 3.63) is 23.8 Å². The SMILES string of the molecule is C=CSC=NC=C(C)C. The third kappa shape index (κ3) is 7.50. The molecule has 0 aromatic heterocycles. The molecule has 9 heavy (non-hydrogen) atoms. The third-order valence-electron chi connectivity index (χ3n) is 0.551. The molecule has 0 aliphatic heterocycles. The molecule has 0 heterocycles. The first kappa shape index (κ1) is 8.50. The fourth-order valence-electron chi connectivity index (χ4n) is 0.258. The van der Waals surface area contributed by atoms with E-state index in [1.165, 1.54) is 17.3 Å². The first-order valence-electron chi connectivity index (χ1n) is 2.68. The molecule has 0 saturated carbocycles. The van der Waals surface area contributed by atoms with E-state index in [0.717, 1.165) is 0 Å². The Balaban J connectivity index is 3.47. The van der Waals surface area contributed by atoms with Crippen LogP contribution >= 0.6 is 11.8 Å². The number of aliphatic imine (C=N–C) groups is 1. The summed E-state index contributed by atoms with van der Waals surface area (Å²) >= 11 is 1.48. The molecule has 0 spiro atoms. The summed E-state index contributed by atoms with van der Waals surface area (Å²) in [5.41, 5.74) is 2.95. The summed E-state index contributed by atoms with van der Waals surface area (Å²) in [6, 6.07) is 0. The molecule has 0 saturated heterocycles. The highest BCUT2D eigenvalue weighted by atomic mass is 32.2. The van der Waals surface area contributed by atoms with Gasteiger partial charge in [-0.3, -0.25) is 4.99 Å². The molecule has 0 aromatic carbocycles. The van der Waals surface area contributed by atoms with Crippen LogP contribution in [0.2, 0.25) is 0 Å². The van der Waals surface area contributed by atoms with Crippen LogP contribution in [0.3, 0.4) is 0 Å². The Kier molecular flexibility index (Phi) is 5.32. The van der Waals surface area contributed by atoms with Crippen LogP contribution in [0.4, 0.5) is 0 Å². The first-order chi connectivity index (χ1) is 4.27. The van der Waals surface area contributed by atoms with Crippen molar-refractivity contribution in [2.24, 2.45) is 4.99 Å². The van der Waals surface area contributed by atoms with E-state index in [1.54, 1.807) is 11.0 Å². The minimum Gasteiger partial charge on any atom is -0.258 e. The lowest BCUT2D eigenvalue weighted by Gasteiger charge is -1.80. The van der Waals surface area contributed by atoms with Crippen molar-refractivity contribution in [3.8, 4) is 0 Å². The Morgan fingerprint density at radius 1 is 1.56 bits per heavy atom. The molecule has 0 radical (unpaired) electrons. The predicted molar refractivity (Wildman–Crippen MR) is 45.7 cm³/mol. The van der Waals surface area contributed by atoms with Crippen LogP contribution in [-0.2, 0) is 0 Å². The van der Waals surface area contributed by atoms with Crippen LogP contribution in [-0.4, -0.2) is 5.55 Å². The normalized spacial score (nSPS) is 9.56. The second-order valence-corrected chi connectivity index (χ2v) is 2.58. The van der Waals surface area contributed by atoms with Crippen molar-refractivity contribution in [3.63, 3.8) is 0 Å². The number of hydrogen-bond acceptors (Lipinski definition) is 2. The van der Waals surface area contributed by atoms with Gasteiger partial charge in [-0.1, -0.05) is 23.9 Å². The van der Waals surface area contributed by atoms with Gasteiger partial charge in [0.15, 0.2) is 0 Å². The van der Waals surface area contributed by atoms with Gasteiger partial charge < -0.3 is 0 Å². The lowest BCUT2D eigenvalue weighted by atomic mass is 10.4. The Hall–Kier alpha value is -0.500. The molecule has 0 bridgehead atoms. The zero-order valence-electron chi connectivity index (χ0n) is 5.79. The smallest absolute Gasteiger partial charge is 0.0638 e. The second kappa shape index (κ2) is 5.63. The second-order valence-electron chi connectivity index (χ2n) is 1.76. The van der Waals surface area contributed by atoms with Gasteiger partial charge in [-0.2, -0.15) is 0 Å². The van der Waals surface area contributed by atoms with Gasteiger partial charge in [-0.15, -0.1) is 0 Å². The minimum absolute atomic E-state index is 1.20. The van der Waals surface area contributed by atoms with Gasteiger partial charge in [0.1, 0.15) is 0 Å². The lowest BCUT2D eigenvalue weighted by Crippen LogP contribution is -1.60. The summed E-state index contributed by atoms with van der Waals surface area (Å²) in [6.45, 7) is 7.55. The highest BCUT2D eigenvalue weighted by molar-refractivity contribution is 8.14. The number of allylic oxidation sites excluding steroid dienone is 1. The number of rotatable bonds is 3. The van der Waals surface area contributed by atoms with Gasteiger partial charge in [-0.05, 0) is 19.3 Å². The molecule has 0 aliphatic rings. The van der Waals surface area contributed by atoms with Crippen molar-refractivity contribution in [1.82, 2.24) is 0 Å². The fourth-order valence-corrected chi connectivity index (χ4v) is 0.475. The summed E-state index contributed by atoms with van der Waals surface area (Å²) in [5.74, 6) is 0. The molecule has 2 heteroatoms. The standard InChI is InChI=1S/C7H11NS/c1-4-9-6-8-5-7(2)3/h4-6H,1H2,2-3H3. The predicted octanol–water partition coefficient (Wildman–Crippen LogP) is 2.82. The quantitative estimate of drug-likeness (QED) is 0.435. The summed E-state index contributed by atoms with van der Waals surface area (Å²) in [4.78, 5) is 3.97. The van der Waals surface area contributed by atoms with Crippen LogP contribution in [0.5, 0.6) is 0 Å². The zero-order chi connectivity index (χ0) is 7.11. The zero-order valence-corrected chi connectivity index (χ0v) is 6.61. The highest BCUT2D eigenvalue weighted by Crippen LogP contribution is 1.95. The van der Waals surface area contributed by atoms with Crippen LogP contribution < -0.4 is 0 Å². The number of thioether (sulfide) groups is 1. The molecular formula is C7H11NS. The lowest BCUT2D eigenvalue weighted by molar-refractivity contribution is 1.34. The van der Waals surface area contributed by atoms with Gasteiger partial charge in [0, 0.05) is 6.20 Å². The molecule has 0 fully saturated rings. The maximum atomic E-state index is 3.97. The molecule has 1 nitrogen and oxygen atoms in total. The van der Waals surface area contributed by atoms with Crippen molar-refractivity contribution >= 4 is 17.3 Å². The van der Waals surface area contributed by atoms with E-state index in [9.17, 15) is 0 Å². The van der Waals surface area contributed by atoms with Gasteiger partial charge in [0.2, 0.25) is 0 Å². The molecule has 50 valence electrons. The van der Waals surface area contributed by atoms with E-state index < -0.39 is 0 Å². The Labute approximate surface area is 60.6 Å². The molecule has 0 amide bonds. The number of nitrogens with zero attached hydrogens (tertiary/aromatic N) is 1. The van der Waals surface area contributed by atoms with Crippen LogP contribution in [0.25, 0.3) is 0 Å². The molecule has 0 atom stereocenters. The topological polar surface area (TPSA) is 12.4 Å². The van der Waals surface area contributed by atoms with E-state index in [0.29, 0.717) is 0 Å². The van der Waals surface area contributed by atoms with E-state index >= 15 is 0 Å². The largest absolute Gasteiger partial charge is 0.258 e. The van der Waals surface area contributed by atoms with Crippen LogP contribution in [0, 0.1) is 0 Å². The average molecular weight is 141 g/mol. The van der Waals surface area contributed by atoms with E-state index in [1.807, 2.05) is 20.0 Å². The van der Waals surface area contributed by atoms with Gasteiger partial charge in [0.05, 0.1) is 5.55 Å². The third-order valence-corrected chi connectivity index (χ3v) is 0.987. The van der Waals surface area contributed by atoms with Crippen molar-refractivity contribution in [1.29, 1.82) is 0 Å². The first-order valence-corrected chi connectivity index (χ1v) is 3.63. The molecule has 0 rings (SSSR count). The molecular weight excluding hydrogens is 130 g/mol. The molecule has 0 aliphatic carbocycles. The Morgan fingerprint density at radius 2 is 2.22 bits per heavy atom. The Bertz CT molecular complexity index is 132. The summed E-state index contributed by atoms with van der Waals surface area (Å²) in [5, 5.41) is 1.74. The Morgan fingerprint density at radius 3 is 2.67 bits per heavy atom. The van der Waals surface area contributed by atoms with E-state index in [2.05, 4.69) is 11.6 Å². The molecule has 0 aromatic rings. The van der Waals surface area contributed by atoms with Crippen molar-refractivity contribution in [2.45, 2.75) is 13.8 Å². The van der Waals surface area contributed by atoms with Gasteiger partial charge in [0.25, 0.3) is 0 Å². The van der Waals surface area contributed by atoms with Gasteiger partial charge in [-0.25, -0.2) is 0 Å². The minimum atomic E-state index is 1.20. The summed E-state index contributed by atoms with van der Waals surface area (Å²) < 4.78 is 0. The average Bonchev–Trinajstić information content (AvgIpc) is 1.80. The highest BCUT2D eigenvalue weighted by Gasteiger charge is 1.69. The number of hydrogen-bond donors (Lipinski definition) is 0. The fraction of sp³-hybridized carbons (Fsp3) is 0.286. The van der Waals surface area contributed by atoms with Gasteiger partial charge >= 0.3 is 0 Å². The monoisotopic (exact) mass is 141 g/mol. The maximum absolute atomic E-state index is 3.97. The van der Waals surface area contributed by atoms with Crippen molar-refractivity contribution in [2.75, 3.05) is 0 Å². The molecule has 0 unspecified atom stereocenters. The van der Waals surface area contributed by atoms with Crippen molar-refractivity contribution < 1.29 is 0 Å². The molecule has 0 N–H and O–H groups in total. The van der Waals surface area contributed by atoms with Crippen LogP contribution in [0.15, 0.2) is 28.8 Å². The summed E-state index contributed by atoms with van der Waals surface area (Å²) in [7, 11) is 0. The van der Waals surface area contributed by atoms with Crippen LogP contribution in [0.1, 0.15) is 13.8 Å². The summed E-state index contributed by atoms with van der Waals surface area (Å²) in [6.07, 6.45) is 1.82. The van der Waals surface area contributed by atoms with E-state index in [4.69, 9.17) is 0 Å². The van der Waals surface area contributed by atoms with E-state index in [-0.39, 0.29) is 0 Å².